The van der Waals surface area contributed by atoms with Crippen LogP contribution in [0.15, 0.2) is 48.5 Å². The van der Waals surface area contributed by atoms with E-state index < -0.39 is 12.5 Å². The van der Waals surface area contributed by atoms with Gasteiger partial charge >= 0.3 is 6.61 Å². The van der Waals surface area contributed by atoms with Crippen molar-refractivity contribution in [1.82, 2.24) is 9.80 Å². The van der Waals surface area contributed by atoms with Gasteiger partial charge in [0, 0.05) is 43.3 Å². The Bertz CT molecular complexity index is 1040. The number of carbonyl (C=O) groups is 3. The van der Waals surface area contributed by atoms with Gasteiger partial charge in [-0.25, -0.2) is 0 Å². The van der Waals surface area contributed by atoms with Crippen LogP contribution in [0.1, 0.15) is 34.1 Å². The Kier molecular flexibility index (Phi) is 6.57. The predicted octanol–water partition coefficient (Wildman–Crippen LogP) is 3.48. The number of rotatable bonds is 6. The number of halogens is 2. The molecule has 2 aliphatic rings. The van der Waals surface area contributed by atoms with E-state index in [4.69, 9.17) is 0 Å². The highest BCUT2D eigenvalue weighted by Gasteiger charge is 2.39. The van der Waals surface area contributed by atoms with Crippen LogP contribution in [0.3, 0.4) is 0 Å². The molecule has 1 aliphatic carbocycles. The highest BCUT2D eigenvalue weighted by atomic mass is 19.3. The SMILES string of the molecule is CC1CC1C(=O)Nc1ccc(C(=O)N2CCN(C(=O)c3ccccc3OC(F)F)CC2)cc1. The minimum absolute atomic E-state index is 0.00268. The van der Waals surface area contributed by atoms with Crippen LogP contribution >= 0.6 is 0 Å². The molecule has 0 aromatic heterocycles. The Morgan fingerprint density at radius 3 is 2.09 bits per heavy atom. The first-order valence-electron chi connectivity index (χ1n) is 10.9. The number of para-hydroxylation sites is 1. The third-order valence-corrected chi connectivity index (χ3v) is 6.03. The van der Waals surface area contributed by atoms with Crippen molar-refractivity contribution in [2.45, 2.75) is 20.0 Å². The van der Waals surface area contributed by atoms with Gasteiger partial charge in [-0.3, -0.25) is 14.4 Å². The largest absolute Gasteiger partial charge is 0.434 e. The van der Waals surface area contributed by atoms with Gasteiger partial charge < -0.3 is 19.9 Å². The van der Waals surface area contributed by atoms with Crippen LogP contribution in [0.2, 0.25) is 0 Å². The molecule has 2 aromatic rings. The van der Waals surface area contributed by atoms with Crippen molar-refractivity contribution in [3.63, 3.8) is 0 Å². The van der Waals surface area contributed by atoms with Gasteiger partial charge in [0.15, 0.2) is 0 Å². The Morgan fingerprint density at radius 1 is 0.939 bits per heavy atom. The summed E-state index contributed by atoms with van der Waals surface area (Å²) in [5.41, 5.74) is 1.20. The van der Waals surface area contributed by atoms with Crippen LogP contribution in [0.5, 0.6) is 5.75 Å². The topological polar surface area (TPSA) is 79.0 Å². The van der Waals surface area contributed by atoms with Crippen molar-refractivity contribution in [1.29, 1.82) is 0 Å². The molecule has 7 nitrogen and oxygen atoms in total. The van der Waals surface area contributed by atoms with E-state index in [-0.39, 0.29) is 42.1 Å². The monoisotopic (exact) mass is 457 g/mol. The zero-order valence-corrected chi connectivity index (χ0v) is 18.2. The highest BCUT2D eigenvalue weighted by Crippen LogP contribution is 2.38. The third-order valence-electron chi connectivity index (χ3n) is 6.03. The molecule has 2 aromatic carbocycles. The van der Waals surface area contributed by atoms with Gasteiger partial charge in [-0.1, -0.05) is 19.1 Å². The van der Waals surface area contributed by atoms with E-state index in [1.807, 2.05) is 6.92 Å². The summed E-state index contributed by atoms with van der Waals surface area (Å²) in [5, 5.41) is 2.86. The molecule has 1 heterocycles. The lowest BCUT2D eigenvalue weighted by atomic mass is 10.1. The lowest BCUT2D eigenvalue weighted by molar-refractivity contribution is -0.117. The average molecular weight is 457 g/mol. The number of nitrogens with zero attached hydrogens (tertiary/aromatic N) is 2. The van der Waals surface area contributed by atoms with Crippen LogP contribution in [-0.4, -0.2) is 60.3 Å². The van der Waals surface area contributed by atoms with E-state index in [0.29, 0.717) is 30.3 Å². The Morgan fingerprint density at radius 2 is 1.52 bits per heavy atom. The highest BCUT2D eigenvalue weighted by molar-refractivity contribution is 5.98. The fraction of sp³-hybridized carbons (Fsp3) is 0.375. The standard InChI is InChI=1S/C24H25F2N3O4/c1-15-14-19(15)21(30)27-17-8-6-16(7-9-17)22(31)28-10-12-29(13-11-28)23(32)18-4-2-3-5-20(18)33-24(25)26/h2-9,15,19,24H,10-14H2,1H3,(H,27,30). The lowest BCUT2D eigenvalue weighted by Gasteiger charge is -2.35. The minimum Gasteiger partial charge on any atom is -0.434 e. The molecule has 2 unspecified atom stereocenters. The van der Waals surface area contributed by atoms with E-state index >= 15 is 0 Å². The zero-order valence-electron chi connectivity index (χ0n) is 18.2. The predicted molar refractivity (Wildman–Crippen MR) is 117 cm³/mol. The number of alkyl halides is 2. The Labute approximate surface area is 190 Å². The maximum absolute atomic E-state index is 12.8. The second-order valence-corrected chi connectivity index (χ2v) is 8.35. The van der Waals surface area contributed by atoms with Crippen molar-refractivity contribution in [3.05, 3.63) is 59.7 Å². The second-order valence-electron chi connectivity index (χ2n) is 8.35. The van der Waals surface area contributed by atoms with Gasteiger partial charge in [-0.2, -0.15) is 8.78 Å². The fourth-order valence-corrected chi connectivity index (χ4v) is 3.93. The quantitative estimate of drug-likeness (QED) is 0.721. The number of piperazine rings is 1. The number of carbonyl (C=O) groups excluding carboxylic acids is 3. The first-order chi connectivity index (χ1) is 15.8. The van der Waals surface area contributed by atoms with Crippen LogP contribution in [0.25, 0.3) is 0 Å². The van der Waals surface area contributed by atoms with Crippen LogP contribution in [-0.2, 0) is 4.79 Å². The van der Waals surface area contributed by atoms with Gasteiger partial charge in [0.05, 0.1) is 5.56 Å². The second kappa shape index (κ2) is 9.56. The molecule has 9 heteroatoms. The number of amides is 3. The molecule has 1 N–H and O–H groups in total. The number of benzene rings is 2. The van der Waals surface area contributed by atoms with E-state index in [2.05, 4.69) is 10.1 Å². The maximum atomic E-state index is 12.8. The summed E-state index contributed by atoms with van der Waals surface area (Å²) >= 11 is 0. The third kappa shape index (κ3) is 5.30. The molecular formula is C24H25F2N3O4. The molecule has 4 rings (SSSR count). The summed E-state index contributed by atoms with van der Waals surface area (Å²) in [4.78, 5) is 40.9. The van der Waals surface area contributed by atoms with E-state index in [1.165, 1.54) is 23.1 Å². The summed E-state index contributed by atoms with van der Waals surface area (Å²) < 4.78 is 29.7. The first kappa shape index (κ1) is 22.7. The molecule has 3 amide bonds. The maximum Gasteiger partial charge on any atom is 0.387 e. The average Bonchev–Trinajstić information content (AvgIpc) is 3.55. The Hall–Kier alpha value is -3.49. The molecule has 33 heavy (non-hydrogen) atoms. The summed E-state index contributed by atoms with van der Waals surface area (Å²) in [6.45, 7) is 0.212. The normalized spacial score (nSPS) is 19.9. The number of nitrogens with one attached hydrogen (secondary N) is 1. The molecule has 2 atom stereocenters. The minimum atomic E-state index is -3.02. The molecule has 174 valence electrons. The lowest BCUT2D eigenvalue weighted by Crippen LogP contribution is -2.50. The summed E-state index contributed by atoms with van der Waals surface area (Å²) in [5.74, 6) is -0.260. The molecular weight excluding hydrogens is 432 g/mol. The van der Waals surface area contributed by atoms with Gasteiger partial charge in [0.1, 0.15) is 5.75 Å². The van der Waals surface area contributed by atoms with E-state index in [9.17, 15) is 23.2 Å². The van der Waals surface area contributed by atoms with Gasteiger partial charge in [-0.15, -0.1) is 0 Å². The molecule has 0 spiro atoms. The smallest absolute Gasteiger partial charge is 0.387 e. The van der Waals surface area contributed by atoms with Gasteiger partial charge in [-0.05, 0) is 48.7 Å². The Balaban J connectivity index is 1.33. The van der Waals surface area contributed by atoms with Crippen LogP contribution < -0.4 is 10.1 Å². The van der Waals surface area contributed by atoms with Gasteiger partial charge in [0.25, 0.3) is 11.8 Å². The van der Waals surface area contributed by atoms with E-state index in [0.717, 1.165) is 6.42 Å². The molecule has 0 bridgehead atoms. The van der Waals surface area contributed by atoms with Crippen molar-refractivity contribution in [2.75, 3.05) is 31.5 Å². The molecule has 0 radical (unpaired) electrons. The summed E-state index contributed by atoms with van der Waals surface area (Å²) in [6.07, 6.45) is 0.904. The molecule has 1 aliphatic heterocycles. The molecule has 1 saturated heterocycles. The molecule has 1 saturated carbocycles. The number of hydrogen-bond acceptors (Lipinski definition) is 4. The molecule has 2 fully saturated rings. The number of anilines is 1. The van der Waals surface area contributed by atoms with Crippen molar-refractivity contribution in [3.8, 4) is 5.75 Å². The van der Waals surface area contributed by atoms with Crippen molar-refractivity contribution >= 4 is 23.4 Å². The van der Waals surface area contributed by atoms with Crippen LogP contribution in [0.4, 0.5) is 14.5 Å². The summed E-state index contributed by atoms with van der Waals surface area (Å²) in [6, 6.07) is 12.6. The number of hydrogen-bond donors (Lipinski definition) is 1. The fourth-order valence-electron chi connectivity index (χ4n) is 3.93. The van der Waals surface area contributed by atoms with Gasteiger partial charge in [0.2, 0.25) is 5.91 Å². The number of ether oxygens (including phenoxy) is 1. The van der Waals surface area contributed by atoms with E-state index in [1.54, 1.807) is 35.2 Å². The van der Waals surface area contributed by atoms with Crippen LogP contribution in [0, 0.1) is 11.8 Å². The zero-order chi connectivity index (χ0) is 23.5. The van der Waals surface area contributed by atoms with Crippen molar-refractivity contribution in [2.24, 2.45) is 11.8 Å². The summed E-state index contributed by atoms with van der Waals surface area (Å²) in [7, 11) is 0. The van der Waals surface area contributed by atoms with Crippen molar-refractivity contribution < 1.29 is 27.9 Å². The first-order valence-corrected chi connectivity index (χ1v) is 10.9.